The fraction of sp³-hybridized carbons (Fsp3) is 0.538. The summed E-state index contributed by atoms with van der Waals surface area (Å²) in [4.78, 5) is -0.172. The maximum absolute atomic E-state index is 12.3. The molecule has 0 amide bonds. The molecule has 0 radical (unpaired) electrons. The Balaban J connectivity index is 2.92. The first-order chi connectivity index (χ1) is 9.81. The van der Waals surface area contributed by atoms with Gasteiger partial charge in [-0.3, -0.25) is 0 Å². The molecule has 1 aromatic carbocycles. The summed E-state index contributed by atoms with van der Waals surface area (Å²) in [5.41, 5.74) is 0. The molecule has 1 atom stereocenters. The van der Waals surface area contributed by atoms with Crippen molar-refractivity contribution < 1.29 is 13.5 Å². The Morgan fingerprint density at radius 1 is 1.19 bits per heavy atom. The van der Waals surface area contributed by atoms with Crippen LogP contribution in [0.1, 0.15) is 26.2 Å². The molecule has 0 aliphatic rings. The molecule has 2 N–H and O–H groups in total. The molecule has 0 saturated carbocycles. The quantitative estimate of drug-likeness (QED) is 0.728. The molecular formula is C13H18Cl3NO3S. The first kappa shape index (κ1) is 19.0. The third kappa shape index (κ3) is 5.58. The van der Waals surface area contributed by atoms with Crippen molar-refractivity contribution in [1.82, 2.24) is 4.72 Å². The van der Waals surface area contributed by atoms with Gasteiger partial charge < -0.3 is 5.11 Å². The summed E-state index contributed by atoms with van der Waals surface area (Å²) in [7, 11) is -3.82. The van der Waals surface area contributed by atoms with Gasteiger partial charge in [0.15, 0.2) is 0 Å². The van der Waals surface area contributed by atoms with Crippen molar-refractivity contribution in [2.75, 3.05) is 13.2 Å². The van der Waals surface area contributed by atoms with Gasteiger partial charge in [0.2, 0.25) is 10.0 Å². The maximum atomic E-state index is 12.3. The lowest BCUT2D eigenvalue weighted by Crippen LogP contribution is -2.30. The lowest BCUT2D eigenvalue weighted by molar-refractivity contribution is 0.251. The van der Waals surface area contributed by atoms with Gasteiger partial charge in [0.05, 0.1) is 10.0 Å². The predicted molar refractivity (Wildman–Crippen MR) is 86.8 cm³/mol. The largest absolute Gasteiger partial charge is 0.396 e. The second kappa shape index (κ2) is 8.56. The molecule has 0 aliphatic carbocycles. The normalized spacial score (nSPS) is 13.4. The van der Waals surface area contributed by atoms with Gasteiger partial charge in [-0.15, -0.1) is 0 Å². The van der Waals surface area contributed by atoms with E-state index in [-0.39, 0.29) is 39.0 Å². The van der Waals surface area contributed by atoms with Crippen LogP contribution in [0.3, 0.4) is 0 Å². The van der Waals surface area contributed by atoms with Gasteiger partial charge in [0.25, 0.3) is 0 Å². The van der Waals surface area contributed by atoms with Crippen molar-refractivity contribution in [3.05, 3.63) is 27.2 Å². The second-order valence-electron chi connectivity index (χ2n) is 4.72. The summed E-state index contributed by atoms with van der Waals surface area (Å²) >= 11 is 17.6. The van der Waals surface area contributed by atoms with Crippen LogP contribution >= 0.6 is 34.8 Å². The Morgan fingerprint density at radius 3 is 2.24 bits per heavy atom. The van der Waals surface area contributed by atoms with Crippen molar-refractivity contribution >= 4 is 44.8 Å². The topological polar surface area (TPSA) is 66.4 Å². The summed E-state index contributed by atoms with van der Waals surface area (Å²) < 4.78 is 27.1. The Hall–Kier alpha value is -0.0400. The molecule has 0 saturated heterocycles. The van der Waals surface area contributed by atoms with Crippen molar-refractivity contribution in [3.63, 3.8) is 0 Å². The fourth-order valence-corrected chi connectivity index (χ4v) is 4.68. The number of hydrogen-bond acceptors (Lipinski definition) is 3. The van der Waals surface area contributed by atoms with Crippen LogP contribution in [0.2, 0.25) is 15.1 Å². The van der Waals surface area contributed by atoms with Crippen molar-refractivity contribution in [2.45, 2.75) is 31.1 Å². The molecule has 0 aliphatic heterocycles. The Kier molecular flexibility index (Phi) is 7.74. The number of sulfonamides is 1. The van der Waals surface area contributed by atoms with Crippen LogP contribution in [0.5, 0.6) is 0 Å². The zero-order valence-corrected chi connectivity index (χ0v) is 14.7. The number of benzene rings is 1. The number of aliphatic hydroxyl groups excluding tert-OH is 1. The summed E-state index contributed by atoms with van der Waals surface area (Å²) in [5.74, 6) is 0.0691. The predicted octanol–water partition coefficient (Wildman–Crippen LogP) is 3.72. The minimum absolute atomic E-state index is 0.0193. The zero-order valence-electron chi connectivity index (χ0n) is 11.6. The van der Waals surface area contributed by atoms with Gasteiger partial charge in [-0.1, -0.05) is 48.1 Å². The van der Waals surface area contributed by atoms with Crippen LogP contribution in [0.15, 0.2) is 17.0 Å². The monoisotopic (exact) mass is 373 g/mol. The Labute approximate surface area is 140 Å². The summed E-state index contributed by atoms with van der Waals surface area (Å²) in [5, 5.41) is 9.23. The highest BCUT2D eigenvalue weighted by molar-refractivity contribution is 7.89. The Morgan fingerprint density at radius 2 is 1.76 bits per heavy atom. The number of halogens is 3. The first-order valence-electron chi connectivity index (χ1n) is 6.56. The minimum atomic E-state index is -3.82. The van der Waals surface area contributed by atoms with Gasteiger partial charge in [-0.25, -0.2) is 13.1 Å². The maximum Gasteiger partial charge on any atom is 0.243 e. The molecule has 1 aromatic rings. The molecule has 1 rings (SSSR count). The minimum Gasteiger partial charge on any atom is -0.396 e. The number of hydrogen-bond donors (Lipinski definition) is 2. The van der Waals surface area contributed by atoms with E-state index in [2.05, 4.69) is 4.72 Å². The fourth-order valence-electron chi connectivity index (χ4n) is 2.02. The molecule has 4 nitrogen and oxygen atoms in total. The van der Waals surface area contributed by atoms with E-state index < -0.39 is 10.0 Å². The number of aliphatic hydroxyl groups is 1. The van der Waals surface area contributed by atoms with Crippen LogP contribution in [0.4, 0.5) is 0 Å². The highest BCUT2D eigenvalue weighted by atomic mass is 35.5. The molecule has 21 heavy (non-hydrogen) atoms. The number of rotatable bonds is 8. The number of nitrogens with one attached hydrogen (secondary N) is 1. The van der Waals surface area contributed by atoms with Crippen molar-refractivity contribution in [1.29, 1.82) is 0 Å². The van der Waals surface area contributed by atoms with Crippen molar-refractivity contribution in [2.24, 2.45) is 5.92 Å². The van der Waals surface area contributed by atoms with Gasteiger partial charge in [-0.05, 0) is 30.9 Å². The molecule has 120 valence electrons. The molecule has 0 fully saturated rings. The van der Waals surface area contributed by atoms with E-state index in [4.69, 9.17) is 39.9 Å². The van der Waals surface area contributed by atoms with Gasteiger partial charge in [0, 0.05) is 18.2 Å². The average molecular weight is 375 g/mol. The lowest BCUT2D eigenvalue weighted by atomic mass is 10.0. The Bertz CT molecular complexity index is 549. The average Bonchev–Trinajstić information content (AvgIpc) is 2.35. The molecule has 0 aromatic heterocycles. The summed E-state index contributed by atoms with van der Waals surface area (Å²) in [6, 6.07) is 2.67. The van der Waals surface area contributed by atoms with E-state index in [9.17, 15) is 8.42 Å². The SMILES string of the molecule is CCCC(CCO)CNS(=O)(=O)c1c(Cl)cc(Cl)cc1Cl. The van der Waals surface area contributed by atoms with E-state index >= 15 is 0 Å². The smallest absolute Gasteiger partial charge is 0.243 e. The van der Waals surface area contributed by atoms with Crippen LogP contribution in [0, 0.1) is 5.92 Å². The van der Waals surface area contributed by atoms with E-state index in [1.54, 1.807) is 0 Å². The van der Waals surface area contributed by atoms with Crippen LogP contribution in [-0.2, 0) is 10.0 Å². The van der Waals surface area contributed by atoms with Gasteiger partial charge in [0.1, 0.15) is 4.90 Å². The lowest BCUT2D eigenvalue weighted by Gasteiger charge is -2.17. The van der Waals surface area contributed by atoms with Crippen LogP contribution in [0.25, 0.3) is 0 Å². The molecule has 8 heteroatoms. The third-order valence-electron chi connectivity index (χ3n) is 3.03. The highest BCUT2D eigenvalue weighted by Crippen LogP contribution is 2.32. The molecule has 0 spiro atoms. The molecule has 0 heterocycles. The molecule has 1 unspecified atom stereocenters. The van der Waals surface area contributed by atoms with Crippen LogP contribution < -0.4 is 4.72 Å². The van der Waals surface area contributed by atoms with Gasteiger partial charge in [-0.2, -0.15) is 0 Å². The standard InChI is InChI=1S/C13H18Cl3NO3S/c1-2-3-9(4-5-18)8-17-21(19,20)13-11(15)6-10(14)7-12(13)16/h6-7,9,17-18H,2-5,8H2,1H3. The van der Waals surface area contributed by atoms with Crippen molar-refractivity contribution in [3.8, 4) is 0 Å². The zero-order chi connectivity index (χ0) is 16.0. The summed E-state index contributed by atoms with van der Waals surface area (Å²) in [6.07, 6.45) is 2.28. The molecule has 0 bridgehead atoms. The van der Waals surface area contributed by atoms with Crippen LogP contribution in [-0.4, -0.2) is 26.7 Å². The van der Waals surface area contributed by atoms with E-state index in [1.165, 1.54) is 12.1 Å². The highest BCUT2D eigenvalue weighted by Gasteiger charge is 2.23. The third-order valence-corrected chi connectivity index (χ3v) is 5.59. The first-order valence-corrected chi connectivity index (χ1v) is 9.18. The molecular weight excluding hydrogens is 357 g/mol. The van der Waals surface area contributed by atoms with E-state index in [0.29, 0.717) is 6.42 Å². The van der Waals surface area contributed by atoms with E-state index in [0.717, 1.165) is 12.8 Å². The van der Waals surface area contributed by atoms with Gasteiger partial charge >= 0.3 is 0 Å². The second-order valence-corrected chi connectivity index (χ2v) is 7.67. The van der Waals surface area contributed by atoms with E-state index in [1.807, 2.05) is 6.92 Å². The summed E-state index contributed by atoms with van der Waals surface area (Å²) in [6.45, 7) is 2.26.